The average molecular weight is 357 g/mol. The van der Waals surface area contributed by atoms with Crippen LogP contribution in [-0.2, 0) is 19.3 Å². The molecule has 0 fully saturated rings. The average Bonchev–Trinajstić information content (AvgIpc) is 2.66. The van der Waals surface area contributed by atoms with Crippen molar-refractivity contribution in [1.29, 1.82) is 0 Å². The molecule has 26 heavy (non-hydrogen) atoms. The first-order valence-electron chi connectivity index (χ1n) is 11.5. The van der Waals surface area contributed by atoms with E-state index in [0.29, 0.717) is 0 Å². The van der Waals surface area contributed by atoms with Gasteiger partial charge in [0.2, 0.25) is 0 Å². The lowest BCUT2D eigenvalue weighted by Gasteiger charge is -2.16. The molecule has 0 N–H and O–H groups in total. The fourth-order valence-corrected chi connectivity index (χ4v) is 3.91. The Labute approximate surface area is 164 Å². The molecular formula is C26H44. The van der Waals surface area contributed by atoms with E-state index in [1.165, 1.54) is 102 Å². The molecule has 0 atom stereocenters. The molecule has 0 spiro atoms. The van der Waals surface area contributed by atoms with E-state index in [9.17, 15) is 0 Å². The summed E-state index contributed by atoms with van der Waals surface area (Å²) < 4.78 is 0. The van der Waals surface area contributed by atoms with Gasteiger partial charge in [-0.1, -0.05) is 103 Å². The fourth-order valence-electron chi connectivity index (χ4n) is 3.91. The summed E-state index contributed by atoms with van der Waals surface area (Å²) in [6, 6.07) is 5.01. The normalized spacial score (nSPS) is 11.0. The number of rotatable bonds is 16. The maximum atomic E-state index is 4.16. The smallest absolute Gasteiger partial charge is 0.0198 e. The third kappa shape index (κ3) is 9.06. The highest BCUT2D eigenvalue weighted by atomic mass is 14.1. The van der Waals surface area contributed by atoms with E-state index in [1.54, 1.807) is 16.7 Å². The summed E-state index contributed by atoms with van der Waals surface area (Å²) in [6.45, 7) is 11.0. The van der Waals surface area contributed by atoms with Crippen LogP contribution >= 0.6 is 0 Å². The SMILES string of the molecule is C=Cc1c(CCCCCC)cc(CCCCCC)cc1CCCCCC. The zero-order valence-electron chi connectivity index (χ0n) is 18.0. The predicted octanol–water partition coefficient (Wildman–Crippen LogP) is 8.70. The van der Waals surface area contributed by atoms with Gasteiger partial charge >= 0.3 is 0 Å². The standard InChI is InChI=1S/C26H44/c1-5-9-12-15-18-23-21-24(19-16-13-10-6-2)26(8-4)25(22-23)20-17-14-11-7-3/h8,21-22H,4-7,9-20H2,1-3H3. The molecule has 0 unspecified atom stereocenters. The van der Waals surface area contributed by atoms with Crippen LogP contribution in [0.3, 0.4) is 0 Å². The van der Waals surface area contributed by atoms with Gasteiger partial charge in [-0.2, -0.15) is 0 Å². The largest absolute Gasteiger partial charge is 0.0984 e. The molecule has 0 aromatic heterocycles. The Hall–Kier alpha value is -1.04. The second-order valence-electron chi connectivity index (χ2n) is 7.96. The van der Waals surface area contributed by atoms with E-state index >= 15 is 0 Å². The van der Waals surface area contributed by atoms with E-state index < -0.39 is 0 Å². The van der Waals surface area contributed by atoms with E-state index in [-0.39, 0.29) is 0 Å². The van der Waals surface area contributed by atoms with Crippen LogP contribution in [0.25, 0.3) is 6.08 Å². The van der Waals surface area contributed by atoms with Gasteiger partial charge in [-0.25, -0.2) is 0 Å². The van der Waals surface area contributed by atoms with Crippen LogP contribution in [0, 0.1) is 0 Å². The van der Waals surface area contributed by atoms with Crippen molar-refractivity contribution in [2.24, 2.45) is 0 Å². The van der Waals surface area contributed by atoms with Crippen molar-refractivity contribution in [3.63, 3.8) is 0 Å². The Bertz CT molecular complexity index is 450. The van der Waals surface area contributed by atoms with Crippen LogP contribution < -0.4 is 0 Å². The van der Waals surface area contributed by atoms with Crippen molar-refractivity contribution in [1.82, 2.24) is 0 Å². The van der Waals surface area contributed by atoms with Gasteiger partial charge in [0.25, 0.3) is 0 Å². The molecule has 0 saturated carbocycles. The predicted molar refractivity (Wildman–Crippen MR) is 120 cm³/mol. The van der Waals surface area contributed by atoms with Gasteiger partial charge in [0.15, 0.2) is 0 Å². The van der Waals surface area contributed by atoms with Crippen molar-refractivity contribution in [2.75, 3.05) is 0 Å². The Morgan fingerprint density at radius 1 is 0.615 bits per heavy atom. The van der Waals surface area contributed by atoms with Crippen LogP contribution in [-0.4, -0.2) is 0 Å². The molecule has 1 aromatic carbocycles. The molecule has 0 aliphatic carbocycles. The third-order valence-electron chi connectivity index (χ3n) is 5.53. The molecule has 1 rings (SSSR count). The molecule has 0 aliphatic rings. The number of aryl methyl sites for hydroxylation is 3. The van der Waals surface area contributed by atoms with Crippen molar-refractivity contribution < 1.29 is 0 Å². The Balaban J connectivity index is 2.85. The van der Waals surface area contributed by atoms with Gasteiger partial charge in [0, 0.05) is 0 Å². The molecule has 0 saturated heterocycles. The highest BCUT2D eigenvalue weighted by Gasteiger charge is 2.09. The minimum atomic E-state index is 1.23. The van der Waals surface area contributed by atoms with Crippen LogP contribution in [0.1, 0.15) is 120 Å². The van der Waals surface area contributed by atoms with Crippen molar-refractivity contribution in [3.05, 3.63) is 41.0 Å². The third-order valence-corrected chi connectivity index (χ3v) is 5.53. The summed E-state index contributed by atoms with van der Waals surface area (Å²) >= 11 is 0. The van der Waals surface area contributed by atoms with Crippen LogP contribution in [0.2, 0.25) is 0 Å². The Morgan fingerprint density at radius 3 is 1.42 bits per heavy atom. The second kappa shape index (κ2) is 15.1. The van der Waals surface area contributed by atoms with Crippen molar-refractivity contribution in [2.45, 2.75) is 117 Å². The van der Waals surface area contributed by atoms with Crippen molar-refractivity contribution in [3.8, 4) is 0 Å². The summed E-state index contributed by atoms with van der Waals surface area (Å²) in [5.41, 5.74) is 6.15. The molecule has 0 amide bonds. The molecule has 0 heterocycles. The quantitative estimate of drug-likeness (QED) is 0.260. The van der Waals surface area contributed by atoms with Crippen LogP contribution in [0.4, 0.5) is 0 Å². The van der Waals surface area contributed by atoms with Gasteiger partial charge < -0.3 is 0 Å². The number of hydrogen-bond donors (Lipinski definition) is 0. The lowest BCUT2D eigenvalue weighted by atomic mass is 9.90. The molecule has 0 radical (unpaired) electrons. The molecule has 1 aromatic rings. The highest BCUT2D eigenvalue weighted by molar-refractivity contribution is 5.58. The zero-order chi connectivity index (χ0) is 19.0. The number of benzene rings is 1. The molecule has 0 aliphatic heterocycles. The summed E-state index contributed by atoms with van der Waals surface area (Å²) in [6.07, 6.45) is 22.0. The van der Waals surface area contributed by atoms with Crippen molar-refractivity contribution >= 4 is 6.08 Å². The van der Waals surface area contributed by atoms with Crippen LogP contribution in [0.5, 0.6) is 0 Å². The summed E-state index contributed by atoms with van der Waals surface area (Å²) in [7, 11) is 0. The Morgan fingerprint density at radius 2 is 1.04 bits per heavy atom. The minimum absolute atomic E-state index is 1.23. The van der Waals surface area contributed by atoms with E-state index in [4.69, 9.17) is 0 Å². The maximum Gasteiger partial charge on any atom is -0.0198 e. The molecule has 0 nitrogen and oxygen atoms in total. The lowest BCUT2D eigenvalue weighted by Crippen LogP contribution is -2.01. The van der Waals surface area contributed by atoms with E-state index in [2.05, 4.69) is 45.6 Å². The summed E-state index contributed by atoms with van der Waals surface area (Å²) in [5.74, 6) is 0. The monoisotopic (exact) mass is 356 g/mol. The first-order valence-corrected chi connectivity index (χ1v) is 11.5. The van der Waals surface area contributed by atoms with Gasteiger partial charge in [-0.3, -0.25) is 0 Å². The molecule has 0 bridgehead atoms. The minimum Gasteiger partial charge on any atom is -0.0984 e. The highest BCUT2D eigenvalue weighted by Crippen LogP contribution is 2.25. The topological polar surface area (TPSA) is 0 Å². The first kappa shape index (κ1) is 23.0. The Kier molecular flexibility index (Phi) is 13.3. The van der Waals surface area contributed by atoms with E-state index in [1.807, 2.05) is 0 Å². The summed E-state index contributed by atoms with van der Waals surface area (Å²) in [4.78, 5) is 0. The molecule has 0 heteroatoms. The van der Waals surface area contributed by atoms with Gasteiger partial charge in [0.05, 0.1) is 0 Å². The zero-order valence-corrected chi connectivity index (χ0v) is 18.0. The molecular weight excluding hydrogens is 312 g/mol. The number of unbranched alkanes of at least 4 members (excludes halogenated alkanes) is 9. The lowest BCUT2D eigenvalue weighted by molar-refractivity contribution is 0.654. The van der Waals surface area contributed by atoms with Gasteiger partial charge in [0.1, 0.15) is 0 Å². The van der Waals surface area contributed by atoms with E-state index in [0.717, 1.165) is 0 Å². The summed E-state index contributed by atoms with van der Waals surface area (Å²) in [5, 5.41) is 0. The maximum absolute atomic E-state index is 4.16. The van der Waals surface area contributed by atoms with Crippen LogP contribution in [0.15, 0.2) is 18.7 Å². The van der Waals surface area contributed by atoms with Gasteiger partial charge in [-0.05, 0) is 60.8 Å². The van der Waals surface area contributed by atoms with Gasteiger partial charge in [-0.15, -0.1) is 0 Å². The second-order valence-corrected chi connectivity index (χ2v) is 7.96. The fraction of sp³-hybridized carbons (Fsp3) is 0.692. The molecule has 148 valence electrons. The number of hydrogen-bond acceptors (Lipinski definition) is 0. The first-order chi connectivity index (χ1) is 12.8.